The van der Waals surface area contributed by atoms with Crippen LogP contribution in [-0.2, 0) is 57.3 Å². The van der Waals surface area contributed by atoms with Crippen LogP contribution in [0.3, 0.4) is 0 Å². The molecule has 62 heavy (non-hydrogen) atoms. The summed E-state index contributed by atoms with van der Waals surface area (Å²) in [5.41, 5.74) is 0. The second kappa shape index (κ2) is 29.2. The number of ether oxygens (including phenoxy) is 4. The largest absolute Gasteiger partial charge is 0.451 e. The first-order chi connectivity index (χ1) is 29.3. The molecule has 0 bridgehead atoms. The number of unbranched alkanes of at least 4 members (excludes halogenated alkanes) is 10. The van der Waals surface area contributed by atoms with Gasteiger partial charge in [0.25, 0.3) is 23.6 Å². The molecule has 356 valence electrons. The van der Waals surface area contributed by atoms with Crippen molar-refractivity contribution in [2.75, 3.05) is 28.2 Å². The number of amides is 4. The Morgan fingerprint density at radius 1 is 0.323 bits per heavy atom. The van der Waals surface area contributed by atoms with E-state index in [1.807, 2.05) is 20.8 Å². The van der Waals surface area contributed by atoms with Crippen LogP contribution < -0.4 is 0 Å². The molecule has 0 aliphatic carbocycles. The predicted molar refractivity (Wildman–Crippen MR) is 234 cm³/mol. The lowest BCUT2D eigenvalue weighted by molar-refractivity contribution is -0.176. The Labute approximate surface area is 371 Å². The van der Waals surface area contributed by atoms with Crippen LogP contribution in [0, 0.1) is 0 Å². The van der Waals surface area contributed by atoms with E-state index in [1.54, 1.807) is 0 Å². The van der Waals surface area contributed by atoms with Gasteiger partial charge in [-0.15, -0.1) is 0 Å². The van der Waals surface area contributed by atoms with Crippen LogP contribution in [0.2, 0.25) is 0 Å². The van der Waals surface area contributed by atoms with Crippen LogP contribution in [0.25, 0.3) is 0 Å². The van der Waals surface area contributed by atoms with E-state index in [2.05, 4.69) is 6.92 Å². The number of carbonyl (C=O) groups is 8. The van der Waals surface area contributed by atoms with Crippen molar-refractivity contribution in [2.24, 2.45) is 0 Å². The molecule has 0 aromatic carbocycles. The van der Waals surface area contributed by atoms with Crippen molar-refractivity contribution in [3.05, 3.63) is 0 Å². The highest BCUT2D eigenvalue weighted by Crippen LogP contribution is 2.21. The van der Waals surface area contributed by atoms with Gasteiger partial charge in [-0.2, -0.15) is 0 Å². The maximum Gasteiger partial charge on any atom is 0.329 e. The molecule has 0 aromatic heterocycles. The molecule has 0 aromatic rings. The Balaban J connectivity index is 3.82. The van der Waals surface area contributed by atoms with E-state index < -0.39 is 96.1 Å². The van der Waals surface area contributed by atoms with Gasteiger partial charge in [-0.1, -0.05) is 91.9 Å². The first-order valence-electron chi connectivity index (χ1n) is 23.2. The lowest BCUT2D eigenvalue weighted by atomic mass is 10.1. The van der Waals surface area contributed by atoms with Crippen molar-refractivity contribution in [1.82, 2.24) is 19.6 Å². The summed E-state index contributed by atoms with van der Waals surface area (Å²) in [5, 5.41) is 0. The highest BCUT2D eigenvalue weighted by atomic mass is 16.6. The third-order valence-corrected chi connectivity index (χ3v) is 12.0. The maximum absolute atomic E-state index is 14.1. The summed E-state index contributed by atoms with van der Waals surface area (Å²) in [5.74, 6) is -6.16. The zero-order valence-electron chi connectivity index (χ0n) is 40.0. The van der Waals surface area contributed by atoms with E-state index >= 15 is 0 Å². The number of hydrogen-bond acceptors (Lipinski definition) is 12. The minimum atomic E-state index is -1.31. The maximum atomic E-state index is 14.1. The Bertz CT molecular complexity index is 1450. The number of cyclic esters (lactones) is 4. The average Bonchev–Trinajstić information content (AvgIpc) is 3.26. The average molecular weight is 881 g/mol. The Morgan fingerprint density at radius 2 is 0.500 bits per heavy atom. The van der Waals surface area contributed by atoms with Gasteiger partial charge in [0.15, 0.2) is 24.4 Å². The van der Waals surface area contributed by atoms with Gasteiger partial charge in [0.2, 0.25) is 0 Å². The number of carbonyl (C=O) groups excluding carboxylic acids is 8. The first-order valence-corrected chi connectivity index (χ1v) is 23.2. The molecule has 0 unspecified atom stereocenters. The van der Waals surface area contributed by atoms with Crippen LogP contribution in [0.5, 0.6) is 0 Å². The Hall–Kier alpha value is -4.24. The van der Waals surface area contributed by atoms with Crippen molar-refractivity contribution >= 4 is 47.5 Å². The van der Waals surface area contributed by atoms with Crippen molar-refractivity contribution < 1.29 is 57.3 Å². The Kier molecular flexibility index (Phi) is 26.3. The van der Waals surface area contributed by atoms with Crippen LogP contribution in [0.4, 0.5) is 0 Å². The third kappa shape index (κ3) is 17.5. The summed E-state index contributed by atoms with van der Waals surface area (Å²) < 4.78 is 23.2. The zero-order valence-corrected chi connectivity index (χ0v) is 40.0. The highest BCUT2D eigenvalue weighted by Gasteiger charge is 2.40. The second-order valence-electron chi connectivity index (χ2n) is 16.9. The van der Waals surface area contributed by atoms with Crippen molar-refractivity contribution in [3.63, 3.8) is 0 Å². The molecule has 1 fully saturated rings. The van der Waals surface area contributed by atoms with Crippen LogP contribution in [0.15, 0.2) is 0 Å². The molecule has 0 radical (unpaired) electrons. The normalized spacial score (nSPS) is 26.3. The molecule has 0 N–H and O–H groups in total. The molecule has 1 aliphatic rings. The number of likely N-dealkylation sites (N-methyl/N-ethyl adjacent to an activating group) is 4. The van der Waals surface area contributed by atoms with E-state index in [1.165, 1.54) is 55.9 Å². The van der Waals surface area contributed by atoms with Crippen LogP contribution in [-0.4, -0.2) is 144 Å². The summed E-state index contributed by atoms with van der Waals surface area (Å²) in [6.45, 7) is 13.8. The summed E-state index contributed by atoms with van der Waals surface area (Å²) in [6.07, 6.45) is 5.85. The lowest BCUT2D eigenvalue weighted by Crippen LogP contribution is -2.53. The monoisotopic (exact) mass is 881 g/mol. The summed E-state index contributed by atoms with van der Waals surface area (Å²) in [4.78, 5) is 116. The molecule has 8 atom stereocenters. The molecule has 16 nitrogen and oxygen atoms in total. The van der Waals surface area contributed by atoms with Crippen LogP contribution >= 0.6 is 0 Å². The zero-order chi connectivity index (χ0) is 47.1. The van der Waals surface area contributed by atoms with Crippen molar-refractivity contribution in [1.29, 1.82) is 0 Å². The van der Waals surface area contributed by atoms with Gasteiger partial charge < -0.3 is 38.5 Å². The topological polar surface area (TPSA) is 186 Å². The number of rotatable bonds is 18. The fraction of sp³-hybridized carbons (Fsp3) is 0.826. The molecule has 16 heteroatoms. The van der Waals surface area contributed by atoms with E-state index in [0.29, 0.717) is 25.7 Å². The fourth-order valence-electron chi connectivity index (χ4n) is 6.86. The molecule has 1 heterocycles. The molecule has 4 amide bonds. The van der Waals surface area contributed by atoms with E-state index in [-0.39, 0.29) is 25.7 Å². The molecule has 1 rings (SSSR count). The molecule has 0 saturated carbocycles. The number of esters is 4. The molecule has 0 spiro atoms. The van der Waals surface area contributed by atoms with Gasteiger partial charge in [-0.05, 0) is 79.1 Å². The number of hydrogen-bond donors (Lipinski definition) is 0. The van der Waals surface area contributed by atoms with Gasteiger partial charge >= 0.3 is 23.9 Å². The lowest BCUT2D eigenvalue weighted by Gasteiger charge is -2.33. The molecular weight excluding hydrogens is 801 g/mol. The smallest absolute Gasteiger partial charge is 0.329 e. The highest BCUT2D eigenvalue weighted by molar-refractivity contribution is 5.94. The van der Waals surface area contributed by atoms with E-state index in [4.69, 9.17) is 18.9 Å². The van der Waals surface area contributed by atoms with Gasteiger partial charge in [-0.3, -0.25) is 19.2 Å². The van der Waals surface area contributed by atoms with Crippen molar-refractivity contribution in [3.8, 4) is 0 Å². The van der Waals surface area contributed by atoms with Gasteiger partial charge in [0.05, 0.1) is 0 Å². The standard InChI is InChI=1S/C46H80N4O12/c1-13-17-21-22-26-30-38-42(54)50(12)33(7)45(57)61-36(28-24-19-15-3)40(52)48(10)31(5)43(55)59-35(27-23-18-14-2)39(51)47(9)32(6)44(56)60-37(29-25-20-16-4)41(53)49(11)34(8)46(58)62-38/h31-38H,13-30H2,1-12H3/t31-,32+,33+,34+,35+,36-,37+,38+/m1/s1. The Morgan fingerprint density at radius 3 is 0.710 bits per heavy atom. The fourth-order valence-corrected chi connectivity index (χ4v) is 6.86. The van der Waals surface area contributed by atoms with Gasteiger partial charge in [-0.25, -0.2) is 19.2 Å². The first kappa shape index (κ1) is 55.8. The molecule has 1 saturated heterocycles. The van der Waals surface area contributed by atoms with E-state index in [9.17, 15) is 38.4 Å². The SMILES string of the molecule is CCCCCCC[C@@H]1OC(=O)[C@H](C)N(C)C(=O)[C@H](CCCCC)OC(=O)[C@H](C)N(C)C(=O)[C@H](CCCCC)OC(=O)[C@@H](C)N(C)C(=O)[C@@H](CCCCC)OC(=O)[C@H](C)N(C)C1=O. The third-order valence-electron chi connectivity index (χ3n) is 12.0. The van der Waals surface area contributed by atoms with Crippen LogP contribution in [0.1, 0.15) is 171 Å². The van der Waals surface area contributed by atoms with Gasteiger partial charge in [0, 0.05) is 28.2 Å². The quantitative estimate of drug-likeness (QED) is 0.0872. The predicted octanol–water partition coefficient (Wildman–Crippen LogP) is 6.14. The second-order valence-corrected chi connectivity index (χ2v) is 16.9. The molecule has 1 aliphatic heterocycles. The summed E-state index contributed by atoms with van der Waals surface area (Å²) >= 11 is 0. The van der Waals surface area contributed by atoms with Crippen molar-refractivity contribution in [2.45, 2.75) is 220 Å². The minimum absolute atomic E-state index is 0.146. The van der Waals surface area contributed by atoms with E-state index in [0.717, 1.165) is 83.8 Å². The summed E-state index contributed by atoms with van der Waals surface area (Å²) in [6, 6.07) is -4.84. The summed E-state index contributed by atoms with van der Waals surface area (Å²) in [7, 11) is 5.53. The van der Waals surface area contributed by atoms with Gasteiger partial charge in [0.1, 0.15) is 24.2 Å². The molecular formula is C46H80N4O12. The minimum Gasteiger partial charge on any atom is -0.451 e. The number of nitrogens with zero attached hydrogens (tertiary/aromatic N) is 4.